The van der Waals surface area contributed by atoms with E-state index in [-0.39, 0.29) is 24.8 Å². The van der Waals surface area contributed by atoms with Crippen LogP contribution < -0.4 is 21.5 Å². The minimum Gasteiger partial charge on any atom is -0.484 e. The Bertz CT molecular complexity index is 404. The summed E-state index contributed by atoms with van der Waals surface area (Å²) in [6, 6.07) is 6.85. The average Bonchev–Trinajstić information content (AvgIpc) is 2.35. The minimum atomic E-state index is -0.384. The van der Waals surface area contributed by atoms with Gasteiger partial charge in [0.2, 0.25) is 5.91 Å². The third kappa shape index (κ3) is 5.31. The van der Waals surface area contributed by atoms with Gasteiger partial charge < -0.3 is 21.5 Å². The second-order valence-electron chi connectivity index (χ2n) is 3.71. The molecule has 0 aromatic heterocycles. The molecule has 0 radical (unpaired) electrons. The molecular weight excluding hydrogens is 234 g/mol. The van der Waals surface area contributed by atoms with E-state index >= 15 is 0 Å². The molecular formula is C12H17N3O3. The van der Waals surface area contributed by atoms with Crippen molar-refractivity contribution >= 4 is 11.8 Å². The minimum absolute atomic E-state index is 0.0604. The van der Waals surface area contributed by atoms with Gasteiger partial charge in [-0.1, -0.05) is 12.1 Å². The standard InChI is InChI=1S/C12H17N3O3/c13-5-6-15-12(17)8-18-10-3-1-9(2-4-10)7-11(14)16/h1-4H,5-8,13H2,(H2,14,16)(H,15,17). The van der Waals surface area contributed by atoms with Crippen molar-refractivity contribution in [1.29, 1.82) is 0 Å². The van der Waals surface area contributed by atoms with Crippen molar-refractivity contribution in [3.05, 3.63) is 29.8 Å². The van der Waals surface area contributed by atoms with Gasteiger partial charge in [-0.15, -0.1) is 0 Å². The number of carbonyl (C=O) groups excluding carboxylic acids is 2. The van der Waals surface area contributed by atoms with Gasteiger partial charge in [0, 0.05) is 13.1 Å². The number of nitrogens with two attached hydrogens (primary N) is 2. The van der Waals surface area contributed by atoms with E-state index in [1.165, 1.54) is 0 Å². The van der Waals surface area contributed by atoms with Gasteiger partial charge >= 0.3 is 0 Å². The van der Waals surface area contributed by atoms with Crippen LogP contribution in [0.5, 0.6) is 5.75 Å². The van der Waals surface area contributed by atoms with Crippen molar-refractivity contribution in [2.45, 2.75) is 6.42 Å². The van der Waals surface area contributed by atoms with Crippen LogP contribution >= 0.6 is 0 Å². The van der Waals surface area contributed by atoms with Gasteiger partial charge in [0.1, 0.15) is 5.75 Å². The quantitative estimate of drug-likeness (QED) is 0.587. The molecule has 0 spiro atoms. The van der Waals surface area contributed by atoms with Gasteiger partial charge in [-0.05, 0) is 17.7 Å². The summed E-state index contributed by atoms with van der Waals surface area (Å²) >= 11 is 0. The van der Waals surface area contributed by atoms with E-state index in [1.54, 1.807) is 24.3 Å². The van der Waals surface area contributed by atoms with Crippen molar-refractivity contribution in [2.24, 2.45) is 11.5 Å². The van der Waals surface area contributed by atoms with Crippen molar-refractivity contribution in [3.8, 4) is 5.75 Å². The lowest BCUT2D eigenvalue weighted by Crippen LogP contribution is -2.32. The Labute approximate surface area is 105 Å². The fourth-order valence-corrected chi connectivity index (χ4v) is 1.32. The third-order valence-corrected chi connectivity index (χ3v) is 2.14. The topological polar surface area (TPSA) is 107 Å². The number of ether oxygens (including phenoxy) is 1. The summed E-state index contributed by atoms with van der Waals surface area (Å²) in [5, 5.41) is 2.59. The summed E-state index contributed by atoms with van der Waals surface area (Å²) in [4.78, 5) is 21.9. The molecule has 98 valence electrons. The number of benzene rings is 1. The Kier molecular flexibility index (Phi) is 5.66. The first kappa shape index (κ1) is 14.0. The molecule has 6 heteroatoms. The van der Waals surface area contributed by atoms with Crippen LogP contribution in [0.3, 0.4) is 0 Å². The molecule has 0 aliphatic carbocycles. The summed E-state index contributed by atoms with van der Waals surface area (Å²) in [6.07, 6.45) is 0.192. The number of nitrogens with one attached hydrogen (secondary N) is 1. The van der Waals surface area contributed by atoms with Gasteiger partial charge in [0.15, 0.2) is 6.61 Å². The monoisotopic (exact) mass is 251 g/mol. The molecule has 0 bridgehead atoms. The number of primary amides is 1. The van der Waals surface area contributed by atoms with Crippen LogP contribution in [0.2, 0.25) is 0 Å². The van der Waals surface area contributed by atoms with Gasteiger partial charge in [-0.3, -0.25) is 9.59 Å². The Balaban J connectivity index is 2.39. The second kappa shape index (κ2) is 7.29. The van der Waals surface area contributed by atoms with E-state index in [0.29, 0.717) is 18.8 Å². The van der Waals surface area contributed by atoms with Crippen LogP contribution in [0.1, 0.15) is 5.56 Å². The van der Waals surface area contributed by atoms with E-state index < -0.39 is 0 Å². The Morgan fingerprint density at radius 2 is 1.89 bits per heavy atom. The van der Waals surface area contributed by atoms with Crippen LogP contribution in [-0.4, -0.2) is 31.5 Å². The molecule has 1 rings (SSSR count). The molecule has 0 saturated heterocycles. The summed E-state index contributed by atoms with van der Waals surface area (Å²) < 4.78 is 5.26. The molecule has 0 aliphatic rings. The number of carbonyl (C=O) groups is 2. The van der Waals surface area contributed by atoms with E-state index in [0.717, 1.165) is 5.56 Å². The van der Waals surface area contributed by atoms with Crippen LogP contribution in [0.25, 0.3) is 0 Å². The van der Waals surface area contributed by atoms with Crippen LogP contribution in [-0.2, 0) is 16.0 Å². The van der Waals surface area contributed by atoms with Crippen molar-refractivity contribution < 1.29 is 14.3 Å². The highest BCUT2D eigenvalue weighted by molar-refractivity contribution is 5.77. The summed E-state index contributed by atoms with van der Waals surface area (Å²) in [5.74, 6) is -0.0439. The smallest absolute Gasteiger partial charge is 0.257 e. The first-order valence-corrected chi connectivity index (χ1v) is 5.58. The largest absolute Gasteiger partial charge is 0.484 e. The van der Waals surface area contributed by atoms with E-state index in [9.17, 15) is 9.59 Å². The highest BCUT2D eigenvalue weighted by Gasteiger charge is 2.02. The van der Waals surface area contributed by atoms with Gasteiger partial charge in [-0.25, -0.2) is 0 Å². The number of hydrogen-bond acceptors (Lipinski definition) is 4. The maximum atomic E-state index is 11.2. The highest BCUT2D eigenvalue weighted by Crippen LogP contribution is 2.12. The van der Waals surface area contributed by atoms with Gasteiger partial charge in [0.05, 0.1) is 6.42 Å². The molecule has 0 atom stereocenters. The molecule has 2 amide bonds. The Morgan fingerprint density at radius 3 is 2.44 bits per heavy atom. The summed E-state index contributed by atoms with van der Waals surface area (Å²) in [5.41, 5.74) is 11.1. The fraction of sp³-hybridized carbons (Fsp3) is 0.333. The fourth-order valence-electron chi connectivity index (χ4n) is 1.32. The first-order valence-electron chi connectivity index (χ1n) is 5.58. The zero-order valence-electron chi connectivity index (χ0n) is 10.0. The zero-order valence-corrected chi connectivity index (χ0v) is 10.0. The van der Waals surface area contributed by atoms with Gasteiger partial charge in [-0.2, -0.15) is 0 Å². The SMILES string of the molecule is NCCNC(=O)COc1ccc(CC(N)=O)cc1. The highest BCUT2D eigenvalue weighted by atomic mass is 16.5. The lowest BCUT2D eigenvalue weighted by atomic mass is 10.1. The van der Waals surface area contributed by atoms with E-state index in [1.807, 2.05) is 0 Å². The molecule has 0 unspecified atom stereocenters. The molecule has 6 nitrogen and oxygen atoms in total. The molecule has 0 fully saturated rings. The second-order valence-corrected chi connectivity index (χ2v) is 3.71. The van der Waals surface area contributed by atoms with Crippen molar-refractivity contribution in [1.82, 2.24) is 5.32 Å². The average molecular weight is 251 g/mol. The molecule has 1 aromatic rings. The molecule has 18 heavy (non-hydrogen) atoms. The van der Waals surface area contributed by atoms with Crippen LogP contribution in [0.15, 0.2) is 24.3 Å². The molecule has 1 aromatic carbocycles. The molecule has 5 N–H and O–H groups in total. The van der Waals surface area contributed by atoms with E-state index in [2.05, 4.69) is 5.32 Å². The van der Waals surface area contributed by atoms with Crippen LogP contribution in [0.4, 0.5) is 0 Å². The van der Waals surface area contributed by atoms with Gasteiger partial charge in [0.25, 0.3) is 5.91 Å². The normalized spacial score (nSPS) is 9.83. The molecule has 0 aliphatic heterocycles. The third-order valence-electron chi connectivity index (χ3n) is 2.14. The molecule has 0 saturated carbocycles. The van der Waals surface area contributed by atoms with Crippen LogP contribution in [0, 0.1) is 0 Å². The summed E-state index contributed by atoms with van der Waals surface area (Å²) in [7, 11) is 0. The Morgan fingerprint density at radius 1 is 1.22 bits per heavy atom. The number of rotatable bonds is 7. The number of amides is 2. The predicted molar refractivity (Wildman–Crippen MR) is 66.9 cm³/mol. The maximum Gasteiger partial charge on any atom is 0.257 e. The Hall–Kier alpha value is -2.08. The maximum absolute atomic E-state index is 11.2. The summed E-state index contributed by atoms with van der Waals surface area (Å²) in [6.45, 7) is 0.766. The lowest BCUT2D eigenvalue weighted by molar-refractivity contribution is -0.123. The molecule has 0 heterocycles. The predicted octanol–water partition coefficient (Wildman–Crippen LogP) is -0.832. The lowest BCUT2D eigenvalue weighted by Gasteiger charge is -2.07. The first-order chi connectivity index (χ1) is 8.61. The van der Waals surface area contributed by atoms with Crippen molar-refractivity contribution in [2.75, 3.05) is 19.7 Å². The van der Waals surface area contributed by atoms with Crippen molar-refractivity contribution in [3.63, 3.8) is 0 Å². The van der Waals surface area contributed by atoms with E-state index in [4.69, 9.17) is 16.2 Å². The zero-order chi connectivity index (χ0) is 13.4. The number of hydrogen-bond donors (Lipinski definition) is 3.